The highest BCUT2D eigenvalue weighted by Gasteiger charge is 2.33. The zero-order chi connectivity index (χ0) is 21.0. The van der Waals surface area contributed by atoms with Crippen molar-refractivity contribution in [3.63, 3.8) is 0 Å². The molecule has 0 radical (unpaired) electrons. The molecular weight excluding hydrogens is 409 g/mol. The van der Waals surface area contributed by atoms with Crippen molar-refractivity contribution in [3.8, 4) is 11.5 Å². The number of nitrogen functional groups attached to an aromatic ring is 1. The van der Waals surface area contributed by atoms with Gasteiger partial charge < -0.3 is 21.1 Å². The van der Waals surface area contributed by atoms with Gasteiger partial charge in [-0.2, -0.15) is 13.2 Å². The predicted molar refractivity (Wildman–Crippen MR) is 104 cm³/mol. The normalized spacial score (nSPS) is 11.0. The molecule has 0 fully saturated rings. The molecule has 2 amide bonds. The Morgan fingerprint density at radius 1 is 1.00 bits per heavy atom. The summed E-state index contributed by atoms with van der Waals surface area (Å²) < 4.78 is 44.4. The van der Waals surface area contributed by atoms with E-state index in [1.54, 1.807) is 36.4 Å². The average molecular weight is 423 g/mol. The summed E-state index contributed by atoms with van der Waals surface area (Å²) in [6.07, 6.45) is -3.19. The number of aromatic nitrogens is 1. The van der Waals surface area contributed by atoms with Crippen molar-refractivity contribution in [1.29, 1.82) is 0 Å². The molecule has 0 spiro atoms. The van der Waals surface area contributed by atoms with E-state index in [-0.39, 0.29) is 5.69 Å². The number of anilines is 3. The first-order valence-electron chi connectivity index (χ1n) is 8.15. The molecule has 29 heavy (non-hydrogen) atoms. The van der Waals surface area contributed by atoms with Gasteiger partial charge in [-0.15, -0.1) is 0 Å². The predicted octanol–water partition coefficient (Wildman–Crippen LogP) is 5.77. The quantitative estimate of drug-likeness (QED) is 0.497. The van der Waals surface area contributed by atoms with Gasteiger partial charge >= 0.3 is 12.2 Å². The molecule has 0 aliphatic heterocycles. The third-order valence-electron chi connectivity index (χ3n) is 3.62. The Balaban J connectivity index is 1.67. The molecule has 4 N–H and O–H groups in total. The number of nitrogens with two attached hydrogens (primary N) is 1. The molecular formula is C19H14ClF3N4O2. The van der Waals surface area contributed by atoms with E-state index in [0.717, 1.165) is 12.1 Å². The van der Waals surface area contributed by atoms with Crippen LogP contribution in [-0.2, 0) is 6.18 Å². The number of amides is 2. The Labute approximate surface area is 168 Å². The van der Waals surface area contributed by atoms with Crippen LogP contribution in [0.25, 0.3) is 0 Å². The van der Waals surface area contributed by atoms with E-state index < -0.39 is 22.8 Å². The molecule has 3 aromatic rings. The highest BCUT2D eigenvalue weighted by molar-refractivity contribution is 6.31. The van der Waals surface area contributed by atoms with Crippen molar-refractivity contribution in [2.45, 2.75) is 6.18 Å². The molecule has 0 aliphatic carbocycles. The number of hydrogen-bond acceptors (Lipinski definition) is 4. The molecule has 0 atom stereocenters. The van der Waals surface area contributed by atoms with Crippen molar-refractivity contribution < 1.29 is 22.7 Å². The summed E-state index contributed by atoms with van der Waals surface area (Å²) in [7, 11) is 0. The van der Waals surface area contributed by atoms with Crippen LogP contribution in [0.5, 0.6) is 11.5 Å². The number of carbonyl (C=O) groups is 1. The SMILES string of the molecule is Nc1ccc(Oc2cccc(NC(=O)Nc3ccc(Cl)c(C(F)(F)F)c3)c2)cn1. The minimum atomic E-state index is -4.63. The molecule has 150 valence electrons. The van der Waals surface area contributed by atoms with E-state index in [1.165, 1.54) is 12.3 Å². The second-order valence-electron chi connectivity index (χ2n) is 5.82. The summed E-state index contributed by atoms with van der Waals surface area (Å²) >= 11 is 5.57. The summed E-state index contributed by atoms with van der Waals surface area (Å²) in [4.78, 5) is 16.0. The van der Waals surface area contributed by atoms with Gasteiger partial charge in [0.15, 0.2) is 0 Å². The van der Waals surface area contributed by atoms with Crippen LogP contribution in [0, 0.1) is 0 Å². The standard InChI is InChI=1S/C19H14ClF3N4O2/c20-16-6-4-12(9-15(16)19(21,22)23)27-18(28)26-11-2-1-3-13(8-11)29-14-5-7-17(24)25-10-14/h1-10H,(H2,24,25)(H2,26,27,28). The van der Waals surface area contributed by atoms with Gasteiger partial charge in [-0.1, -0.05) is 17.7 Å². The zero-order valence-corrected chi connectivity index (χ0v) is 15.4. The first kappa shape index (κ1) is 20.3. The Morgan fingerprint density at radius 3 is 2.38 bits per heavy atom. The summed E-state index contributed by atoms with van der Waals surface area (Å²) in [5, 5.41) is 4.40. The molecule has 0 saturated carbocycles. The lowest BCUT2D eigenvalue weighted by atomic mass is 10.2. The number of benzene rings is 2. The fourth-order valence-corrected chi connectivity index (χ4v) is 2.56. The van der Waals surface area contributed by atoms with Crippen LogP contribution >= 0.6 is 11.6 Å². The second-order valence-corrected chi connectivity index (χ2v) is 6.23. The molecule has 0 saturated heterocycles. The minimum absolute atomic E-state index is 0.0559. The second kappa shape index (κ2) is 8.27. The fourth-order valence-electron chi connectivity index (χ4n) is 2.34. The summed E-state index contributed by atoms with van der Waals surface area (Å²) in [5.41, 5.74) is 4.79. The lowest BCUT2D eigenvalue weighted by Gasteiger charge is -2.13. The number of nitrogens with one attached hydrogen (secondary N) is 2. The van der Waals surface area contributed by atoms with Gasteiger partial charge in [0.2, 0.25) is 0 Å². The Morgan fingerprint density at radius 2 is 1.72 bits per heavy atom. The maximum absolute atomic E-state index is 12.9. The molecule has 1 aromatic heterocycles. The third-order valence-corrected chi connectivity index (χ3v) is 3.95. The Hall–Kier alpha value is -3.46. The van der Waals surface area contributed by atoms with E-state index >= 15 is 0 Å². The number of carbonyl (C=O) groups excluding carboxylic acids is 1. The molecule has 1 heterocycles. The van der Waals surface area contributed by atoms with E-state index in [4.69, 9.17) is 22.1 Å². The minimum Gasteiger partial charge on any atom is -0.456 e. The highest BCUT2D eigenvalue weighted by Crippen LogP contribution is 2.36. The van der Waals surface area contributed by atoms with Crippen molar-refractivity contribution in [1.82, 2.24) is 4.98 Å². The number of rotatable bonds is 4. The van der Waals surface area contributed by atoms with Crippen molar-refractivity contribution in [2.75, 3.05) is 16.4 Å². The number of pyridine rings is 1. The van der Waals surface area contributed by atoms with Crippen molar-refractivity contribution in [2.24, 2.45) is 0 Å². The van der Waals surface area contributed by atoms with Crippen LogP contribution in [-0.4, -0.2) is 11.0 Å². The van der Waals surface area contributed by atoms with Crippen molar-refractivity contribution in [3.05, 3.63) is 71.4 Å². The van der Waals surface area contributed by atoms with Crippen LogP contribution in [0.1, 0.15) is 5.56 Å². The van der Waals surface area contributed by atoms with Gasteiger partial charge in [0, 0.05) is 17.4 Å². The molecule has 0 unspecified atom stereocenters. The highest BCUT2D eigenvalue weighted by atomic mass is 35.5. The third kappa shape index (κ3) is 5.52. The first-order valence-corrected chi connectivity index (χ1v) is 8.53. The van der Waals surface area contributed by atoms with E-state index in [2.05, 4.69) is 15.6 Å². The van der Waals surface area contributed by atoms with Gasteiger partial charge in [-0.25, -0.2) is 9.78 Å². The molecule has 2 aromatic carbocycles. The molecule has 3 rings (SSSR count). The van der Waals surface area contributed by atoms with Gasteiger partial charge in [0.05, 0.1) is 16.8 Å². The van der Waals surface area contributed by atoms with Crippen molar-refractivity contribution >= 4 is 34.8 Å². The van der Waals surface area contributed by atoms with E-state index in [9.17, 15) is 18.0 Å². The molecule has 6 nitrogen and oxygen atoms in total. The number of alkyl halides is 3. The van der Waals surface area contributed by atoms with Crippen LogP contribution in [0.2, 0.25) is 5.02 Å². The van der Waals surface area contributed by atoms with Gasteiger partial charge in [0.1, 0.15) is 17.3 Å². The largest absolute Gasteiger partial charge is 0.456 e. The Kier molecular flexibility index (Phi) is 5.79. The van der Waals surface area contributed by atoms with Gasteiger partial charge in [-0.05, 0) is 42.5 Å². The van der Waals surface area contributed by atoms with E-state index in [0.29, 0.717) is 23.0 Å². The van der Waals surface area contributed by atoms with Gasteiger partial charge in [-0.3, -0.25) is 0 Å². The number of ether oxygens (including phenoxy) is 1. The maximum atomic E-state index is 12.9. The Bertz CT molecular complexity index is 1030. The molecule has 10 heteroatoms. The summed E-state index contributed by atoms with van der Waals surface area (Å²) in [6, 6.07) is 12.0. The molecule has 0 aliphatic rings. The number of nitrogens with zero attached hydrogens (tertiary/aromatic N) is 1. The maximum Gasteiger partial charge on any atom is 0.417 e. The lowest BCUT2D eigenvalue weighted by Crippen LogP contribution is -2.20. The van der Waals surface area contributed by atoms with Crippen LogP contribution in [0.3, 0.4) is 0 Å². The van der Waals surface area contributed by atoms with Crippen LogP contribution < -0.4 is 21.1 Å². The van der Waals surface area contributed by atoms with Crippen LogP contribution in [0.15, 0.2) is 60.8 Å². The monoisotopic (exact) mass is 422 g/mol. The average Bonchev–Trinajstić information content (AvgIpc) is 2.64. The van der Waals surface area contributed by atoms with Crippen LogP contribution in [0.4, 0.5) is 35.2 Å². The van der Waals surface area contributed by atoms with Gasteiger partial charge in [0.25, 0.3) is 0 Å². The lowest BCUT2D eigenvalue weighted by molar-refractivity contribution is -0.137. The first-order chi connectivity index (χ1) is 13.7. The summed E-state index contributed by atoms with van der Waals surface area (Å²) in [6.45, 7) is 0. The zero-order valence-electron chi connectivity index (χ0n) is 14.6. The fraction of sp³-hybridized carbons (Fsp3) is 0.0526. The number of halogens is 4. The topological polar surface area (TPSA) is 89.3 Å². The number of urea groups is 1. The summed E-state index contributed by atoms with van der Waals surface area (Å²) in [5.74, 6) is 1.21. The molecule has 0 bridgehead atoms. The van der Waals surface area contributed by atoms with E-state index in [1.807, 2.05) is 0 Å². The number of hydrogen-bond donors (Lipinski definition) is 3. The smallest absolute Gasteiger partial charge is 0.417 e.